The van der Waals surface area contributed by atoms with Crippen LogP contribution < -0.4 is 0 Å². The number of benzene rings is 1. The molecule has 0 radical (unpaired) electrons. The first-order valence-electron chi connectivity index (χ1n) is 8.82. The van der Waals surface area contributed by atoms with Crippen LogP contribution in [-0.2, 0) is 16.0 Å². The predicted octanol–water partition coefficient (Wildman–Crippen LogP) is 1.05. The smallest absolute Gasteiger partial charge is 0.410 e. The number of β-amino-alcohol motifs (C(OH)–C–C–N with tert-alkyl or cyclic N) is 1. The minimum absolute atomic E-state index is 0.0104. The van der Waals surface area contributed by atoms with Crippen molar-refractivity contribution in [3.63, 3.8) is 0 Å². The van der Waals surface area contributed by atoms with Gasteiger partial charge in [0.15, 0.2) is 0 Å². The number of aromatic nitrogens is 1. The van der Waals surface area contributed by atoms with Crippen molar-refractivity contribution in [3.05, 3.63) is 42.1 Å². The molecular weight excluding hydrogens is 334 g/mol. The Kier molecular flexibility index (Phi) is 4.46. The number of ether oxygens (including phenoxy) is 1. The molecule has 2 aliphatic heterocycles. The zero-order valence-electron chi connectivity index (χ0n) is 14.4. The van der Waals surface area contributed by atoms with Crippen LogP contribution in [0.15, 0.2) is 36.5 Å². The van der Waals surface area contributed by atoms with Crippen LogP contribution in [0.1, 0.15) is 5.56 Å². The summed E-state index contributed by atoms with van der Waals surface area (Å²) in [5, 5.41) is 11.5. The first-order valence-corrected chi connectivity index (χ1v) is 8.82. The Morgan fingerprint density at radius 3 is 2.92 bits per heavy atom. The predicted molar refractivity (Wildman–Crippen MR) is 94.4 cm³/mol. The van der Waals surface area contributed by atoms with Crippen LogP contribution in [0.25, 0.3) is 10.9 Å². The number of hydrogen-bond donors (Lipinski definition) is 1. The maximum absolute atomic E-state index is 12.5. The second kappa shape index (κ2) is 6.92. The third-order valence-corrected chi connectivity index (χ3v) is 5.15. The molecule has 7 heteroatoms. The van der Waals surface area contributed by atoms with Crippen molar-refractivity contribution in [2.45, 2.75) is 12.5 Å². The molecule has 1 N–H and O–H groups in total. The average molecular weight is 355 g/mol. The fourth-order valence-electron chi connectivity index (χ4n) is 3.71. The van der Waals surface area contributed by atoms with Gasteiger partial charge in [-0.1, -0.05) is 18.2 Å². The maximum atomic E-state index is 12.5. The number of nitrogens with zero attached hydrogens (tertiary/aromatic N) is 3. The number of aliphatic hydroxyl groups excluding tert-OH is 1. The molecule has 2 atom stereocenters. The van der Waals surface area contributed by atoms with Gasteiger partial charge >= 0.3 is 6.09 Å². The molecule has 136 valence electrons. The molecule has 4 rings (SSSR count). The molecule has 2 aliphatic rings. The van der Waals surface area contributed by atoms with Gasteiger partial charge in [0.25, 0.3) is 0 Å². The summed E-state index contributed by atoms with van der Waals surface area (Å²) in [6, 6.07) is 9.90. The molecule has 2 fully saturated rings. The van der Waals surface area contributed by atoms with E-state index in [1.54, 1.807) is 11.1 Å². The number of rotatable bonds is 4. The molecule has 0 bridgehead atoms. The van der Waals surface area contributed by atoms with Gasteiger partial charge in [-0.2, -0.15) is 0 Å². The summed E-state index contributed by atoms with van der Waals surface area (Å²) in [6.45, 7) is 1.56. The summed E-state index contributed by atoms with van der Waals surface area (Å²) >= 11 is 0. The molecular formula is C19H21N3O4. The zero-order chi connectivity index (χ0) is 18.1. The van der Waals surface area contributed by atoms with Gasteiger partial charge in [-0.15, -0.1) is 0 Å². The Labute approximate surface area is 151 Å². The number of hydrogen-bond acceptors (Lipinski definition) is 5. The summed E-state index contributed by atoms with van der Waals surface area (Å²) in [7, 11) is 0. The van der Waals surface area contributed by atoms with E-state index in [0.29, 0.717) is 32.7 Å². The Morgan fingerprint density at radius 1 is 1.27 bits per heavy atom. The van der Waals surface area contributed by atoms with E-state index in [-0.39, 0.29) is 18.4 Å². The number of likely N-dealkylation sites (tertiary alicyclic amines) is 1. The molecule has 1 aromatic carbocycles. The number of para-hydroxylation sites is 1. The summed E-state index contributed by atoms with van der Waals surface area (Å²) in [5.41, 5.74) is 2.05. The van der Waals surface area contributed by atoms with Crippen molar-refractivity contribution in [3.8, 4) is 0 Å². The second-order valence-corrected chi connectivity index (χ2v) is 6.85. The number of carbonyl (C=O) groups is 2. The van der Waals surface area contributed by atoms with E-state index in [4.69, 9.17) is 4.74 Å². The van der Waals surface area contributed by atoms with Crippen LogP contribution in [0.4, 0.5) is 4.79 Å². The largest absolute Gasteiger partial charge is 0.448 e. The Bertz CT molecular complexity index is 835. The van der Waals surface area contributed by atoms with Crippen LogP contribution >= 0.6 is 0 Å². The molecule has 2 saturated heterocycles. The lowest BCUT2D eigenvalue weighted by molar-refractivity contribution is -0.131. The molecule has 0 spiro atoms. The third kappa shape index (κ3) is 3.22. The topological polar surface area (TPSA) is 83.0 Å². The summed E-state index contributed by atoms with van der Waals surface area (Å²) in [4.78, 5) is 31.4. The van der Waals surface area contributed by atoms with Gasteiger partial charge in [0.05, 0.1) is 18.2 Å². The van der Waals surface area contributed by atoms with Gasteiger partial charge < -0.3 is 14.7 Å². The van der Waals surface area contributed by atoms with Gasteiger partial charge in [0.2, 0.25) is 5.91 Å². The highest BCUT2D eigenvalue weighted by Crippen LogP contribution is 2.25. The van der Waals surface area contributed by atoms with Gasteiger partial charge in [-0.25, -0.2) is 4.79 Å². The van der Waals surface area contributed by atoms with E-state index < -0.39 is 12.2 Å². The average Bonchev–Trinajstić information content (AvgIpc) is 3.21. The van der Waals surface area contributed by atoms with Gasteiger partial charge in [0.1, 0.15) is 13.2 Å². The van der Waals surface area contributed by atoms with E-state index in [2.05, 4.69) is 4.98 Å². The van der Waals surface area contributed by atoms with Crippen LogP contribution in [0.3, 0.4) is 0 Å². The lowest BCUT2D eigenvalue weighted by atomic mass is 9.94. The van der Waals surface area contributed by atoms with Crippen molar-refractivity contribution in [2.24, 2.45) is 5.92 Å². The molecule has 2 amide bonds. The molecule has 0 aliphatic carbocycles. The number of pyridine rings is 1. The Hall–Kier alpha value is -2.67. The number of aliphatic hydroxyl groups is 1. The highest BCUT2D eigenvalue weighted by molar-refractivity contribution is 5.83. The number of cyclic esters (lactones) is 1. The molecule has 1 aromatic heterocycles. The lowest BCUT2D eigenvalue weighted by Crippen LogP contribution is -2.40. The maximum Gasteiger partial charge on any atom is 0.410 e. The Balaban J connectivity index is 1.43. The quantitative estimate of drug-likeness (QED) is 0.886. The van der Waals surface area contributed by atoms with Crippen LogP contribution in [0.5, 0.6) is 0 Å². The van der Waals surface area contributed by atoms with E-state index >= 15 is 0 Å². The van der Waals surface area contributed by atoms with Crippen molar-refractivity contribution >= 4 is 22.9 Å². The van der Waals surface area contributed by atoms with Crippen LogP contribution in [0.2, 0.25) is 0 Å². The SMILES string of the molecule is O=C(CN1CCOC1=O)N1C[C@@H](Cc2ccnc3ccccc23)[C@@H](O)C1. The monoisotopic (exact) mass is 355 g/mol. The number of fused-ring (bicyclic) bond motifs is 1. The highest BCUT2D eigenvalue weighted by atomic mass is 16.6. The molecule has 3 heterocycles. The van der Waals surface area contributed by atoms with Crippen LogP contribution in [-0.4, -0.2) is 70.8 Å². The normalized spacial score (nSPS) is 22.9. The fourth-order valence-corrected chi connectivity index (χ4v) is 3.71. The first kappa shape index (κ1) is 16.8. The van der Waals surface area contributed by atoms with Gasteiger partial charge in [0, 0.05) is 30.6 Å². The molecule has 0 saturated carbocycles. The molecule has 26 heavy (non-hydrogen) atoms. The van der Waals surface area contributed by atoms with Crippen molar-refractivity contribution < 1.29 is 19.4 Å². The number of carbonyl (C=O) groups excluding carboxylic acids is 2. The molecule has 2 aromatic rings. The van der Waals surface area contributed by atoms with Crippen molar-refractivity contribution in [1.29, 1.82) is 0 Å². The summed E-state index contributed by atoms with van der Waals surface area (Å²) in [6.07, 6.45) is 1.44. The zero-order valence-corrected chi connectivity index (χ0v) is 14.4. The third-order valence-electron chi connectivity index (χ3n) is 5.15. The van der Waals surface area contributed by atoms with Crippen LogP contribution in [0, 0.1) is 5.92 Å². The molecule has 7 nitrogen and oxygen atoms in total. The fraction of sp³-hybridized carbons (Fsp3) is 0.421. The standard InChI is InChI=1S/C19H21N3O4/c23-17-11-22(18(24)12-21-7-8-26-19(21)25)10-14(17)9-13-5-6-20-16-4-2-1-3-15(13)16/h1-6,14,17,23H,7-12H2/t14-,17+/m1/s1. The minimum Gasteiger partial charge on any atom is -0.448 e. The van der Waals surface area contributed by atoms with E-state index in [9.17, 15) is 14.7 Å². The first-order chi connectivity index (χ1) is 12.6. The summed E-state index contributed by atoms with van der Waals surface area (Å²) in [5.74, 6) is -0.180. The molecule has 0 unspecified atom stereocenters. The summed E-state index contributed by atoms with van der Waals surface area (Å²) < 4.78 is 4.85. The minimum atomic E-state index is -0.573. The highest BCUT2D eigenvalue weighted by Gasteiger charge is 2.35. The van der Waals surface area contributed by atoms with E-state index in [1.807, 2.05) is 30.3 Å². The van der Waals surface area contributed by atoms with E-state index in [0.717, 1.165) is 16.5 Å². The van der Waals surface area contributed by atoms with Gasteiger partial charge in [-0.05, 0) is 24.1 Å². The number of amides is 2. The second-order valence-electron chi connectivity index (χ2n) is 6.85. The van der Waals surface area contributed by atoms with Crippen molar-refractivity contribution in [1.82, 2.24) is 14.8 Å². The van der Waals surface area contributed by atoms with Gasteiger partial charge in [-0.3, -0.25) is 14.7 Å². The van der Waals surface area contributed by atoms with Crippen molar-refractivity contribution in [2.75, 3.05) is 32.8 Å². The van der Waals surface area contributed by atoms with E-state index in [1.165, 1.54) is 4.90 Å². The Morgan fingerprint density at radius 2 is 2.12 bits per heavy atom. The lowest BCUT2D eigenvalue weighted by Gasteiger charge is -2.19.